The predicted octanol–water partition coefficient (Wildman–Crippen LogP) is 9.31. The minimum Gasteiger partial charge on any atom is -0.335 e. The molecule has 0 saturated carbocycles. The van der Waals surface area contributed by atoms with E-state index < -0.39 is 0 Å². The molecule has 0 amide bonds. The number of hydrogen-bond donors (Lipinski definition) is 0. The van der Waals surface area contributed by atoms with Crippen LogP contribution >= 0.6 is 0 Å². The van der Waals surface area contributed by atoms with Crippen molar-refractivity contribution in [2.24, 2.45) is 0 Å². The molecule has 0 saturated heterocycles. The van der Waals surface area contributed by atoms with Gasteiger partial charge in [-0.3, -0.25) is 0 Å². The quantitative estimate of drug-likeness (QED) is 0.170. The van der Waals surface area contributed by atoms with E-state index in [9.17, 15) is 0 Å². The topological polar surface area (TPSA) is 43.1 Å². The summed E-state index contributed by atoms with van der Waals surface area (Å²) in [6.45, 7) is 0. The smallest absolute Gasteiger partial charge is 0.0604 e. The molecule has 9 rings (SSSR count). The van der Waals surface area contributed by atoms with Crippen molar-refractivity contribution >= 4 is 38.2 Å². The Kier molecular flexibility index (Phi) is 7.41. The Bertz CT molecular complexity index is 2280. The molecule has 0 aliphatic carbocycles. The van der Waals surface area contributed by atoms with E-state index in [1.54, 1.807) is 6.20 Å². The first-order valence-electron chi connectivity index (χ1n) is 14.2. The zero-order valence-electron chi connectivity index (χ0n) is 23.5. The molecule has 44 heavy (non-hydrogen) atoms. The first-order chi connectivity index (χ1) is 21.3. The van der Waals surface area contributed by atoms with E-state index in [0.717, 1.165) is 33.5 Å². The Morgan fingerprint density at radius 1 is 0.523 bits per heavy atom. The van der Waals surface area contributed by atoms with Gasteiger partial charge in [0, 0.05) is 48.8 Å². The van der Waals surface area contributed by atoms with Crippen LogP contribution in [0.2, 0.25) is 0 Å². The van der Waals surface area contributed by atoms with E-state index in [1.165, 1.54) is 38.3 Å². The molecule has 5 heteroatoms. The first-order valence-corrected chi connectivity index (χ1v) is 14.2. The van der Waals surface area contributed by atoms with Crippen molar-refractivity contribution in [2.75, 3.05) is 0 Å². The summed E-state index contributed by atoms with van der Waals surface area (Å²) in [6, 6.07) is 48.6. The average Bonchev–Trinajstić information content (AvgIpc) is 3.61. The maximum absolute atomic E-state index is 4.80. The molecule has 5 heterocycles. The van der Waals surface area contributed by atoms with E-state index in [1.807, 2.05) is 66.9 Å². The van der Waals surface area contributed by atoms with Crippen molar-refractivity contribution < 1.29 is 20.1 Å². The Labute approximate surface area is 268 Å². The molecule has 0 unspecified atom stereocenters. The SMILES string of the molecule is [Ir].[c-]1ccccc1-c1ccccn1.[c-]1nc2c(cc1-c1ccccn1)c1cc(-c3ccccc3)cc3c4ccccc4n2c31. The molecule has 0 spiro atoms. The van der Waals surface area contributed by atoms with E-state index in [0.29, 0.717) is 0 Å². The van der Waals surface area contributed by atoms with Gasteiger partial charge in [-0.15, -0.1) is 47.5 Å². The number of nitrogens with zero attached hydrogens (tertiary/aromatic N) is 4. The molecule has 9 aromatic rings. The van der Waals surface area contributed by atoms with Gasteiger partial charge in [-0.25, -0.2) is 0 Å². The molecule has 0 atom stereocenters. The van der Waals surface area contributed by atoms with Crippen molar-refractivity contribution in [3.63, 3.8) is 0 Å². The fraction of sp³-hybridized carbons (Fsp3) is 0. The van der Waals surface area contributed by atoms with Crippen molar-refractivity contribution in [2.45, 2.75) is 0 Å². The fourth-order valence-corrected chi connectivity index (χ4v) is 5.83. The standard InChI is InChI=1S/C28H16N3.C11H8N.Ir/c1-2-8-18(9-3-1)19-14-22-21-10-4-5-12-26(21)31-27(22)23(15-19)24-16-20(17-30-28(24)31)25-11-6-7-13-29-25;1-2-6-10(7-3-1)11-8-4-5-9-12-11;/h1-16H;1-6,8-9H;/q2*-1;. The minimum absolute atomic E-state index is 0. The van der Waals surface area contributed by atoms with Crippen molar-refractivity contribution in [1.82, 2.24) is 19.4 Å². The van der Waals surface area contributed by atoms with E-state index in [4.69, 9.17) is 4.98 Å². The summed E-state index contributed by atoms with van der Waals surface area (Å²) < 4.78 is 2.28. The van der Waals surface area contributed by atoms with Crippen LogP contribution in [0.4, 0.5) is 0 Å². The van der Waals surface area contributed by atoms with Gasteiger partial charge in [0.25, 0.3) is 0 Å². The average molecular weight is 741 g/mol. The molecule has 0 aliphatic heterocycles. The first kappa shape index (κ1) is 27.6. The Morgan fingerprint density at radius 3 is 1.89 bits per heavy atom. The molecule has 4 aromatic carbocycles. The summed E-state index contributed by atoms with van der Waals surface area (Å²) in [4.78, 5) is 13.5. The zero-order valence-corrected chi connectivity index (χ0v) is 25.9. The number of hydrogen-bond acceptors (Lipinski definition) is 3. The number of aromatic nitrogens is 4. The van der Waals surface area contributed by atoms with Crippen LogP contribution < -0.4 is 0 Å². The van der Waals surface area contributed by atoms with Crippen molar-refractivity contribution in [3.8, 4) is 33.6 Å². The second-order valence-electron chi connectivity index (χ2n) is 10.4. The van der Waals surface area contributed by atoms with Gasteiger partial charge in [0.05, 0.1) is 11.2 Å². The van der Waals surface area contributed by atoms with Crippen LogP contribution in [0, 0.1) is 12.3 Å². The summed E-state index contributed by atoms with van der Waals surface area (Å²) in [5.41, 5.74) is 9.56. The summed E-state index contributed by atoms with van der Waals surface area (Å²) in [6.07, 6.45) is 6.83. The van der Waals surface area contributed by atoms with Crippen LogP contribution in [0.1, 0.15) is 0 Å². The van der Waals surface area contributed by atoms with E-state index in [-0.39, 0.29) is 20.1 Å². The number of rotatable bonds is 3. The normalized spacial score (nSPS) is 11.0. The minimum atomic E-state index is 0. The van der Waals surface area contributed by atoms with Crippen LogP contribution in [0.3, 0.4) is 0 Å². The molecular weight excluding hydrogens is 717 g/mol. The van der Waals surface area contributed by atoms with Gasteiger partial charge in [0.15, 0.2) is 0 Å². The third-order valence-corrected chi connectivity index (χ3v) is 7.78. The summed E-state index contributed by atoms with van der Waals surface area (Å²) in [5.74, 6) is 0. The van der Waals surface area contributed by atoms with Gasteiger partial charge in [-0.1, -0.05) is 78.2 Å². The predicted molar refractivity (Wildman–Crippen MR) is 175 cm³/mol. The van der Waals surface area contributed by atoms with Crippen LogP contribution in [0.25, 0.3) is 71.9 Å². The zero-order chi connectivity index (χ0) is 28.6. The van der Waals surface area contributed by atoms with Gasteiger partial charge in [-0.2, -0.15) is 0 Å². The van der Waals surface area contributed by atoms with Crippen molar-refractivity contribution in [3.05, 3.63) is 158 Å². The number of fused-ring (bicyclic) bond motifs is 6. The van der Waals surface area contributed by atoms with Crippen LogP contribution in [-0.4, -0.2) is 19.4 Å². The summed E-state index contributed by atoms with van der Waals surface area (Å²) in [5, 5.41) is 4.84. The van der Waals surface area contributed by atoms with Crippen LogP contribution in [0.15, 0.2) is 146 Å². The summed E-state index contributed by atoms with van der Waals surface area (Å²) >= 11 is 0. The van der Waals surface area contributed by atoms with E-state index in [2.05, 4.69) is 99.4 Å². The van der Waals surface area contributed by atoms with Gasteiger partial charge < -0.3 is 19.4 Å². The van der Waals surface area contributed by atoms with Gasteiger partial charge >= 0.3 is 0 Å². The second kappa shape index (κ2) is 11.8. The summed E-state index contributed by atoms with van der Waals surface area (Å²) in [7, 11) is 0. The van der Waals surface area contributed by atoms with Crippen LogP contribution in [0.5, 0.6) is 0 Å². The number of benzene rings is 4. The van der Waals surface area contributed by atoms with Gasteiger partial charge in [-0.05, 0) is 64.4 Å². The van der Waals surface area contributed by atoms with Gasteiger partial charge in [0.1, 0.15) is 0 Å². The molecule has 5 aromatic heterocycles. The van der Waals surface area contributed by atoms with Crippen LogP contribution in [-0.2, 0) is 20.1 Å². The molecule has 4 nitrogen and oxygen atoms in total. The van der Waals surface area contributed by atoms with E-state index >= 15 is 0 Å². The Balaban J connectivity index is 0.000000203. The molecule has 1 radical (unpaired) electrons. The van der Waals surface area contributed by atoms with Gasteiger partial charge in [0.2, 0.25) is 0 Å². The molecule has 0 bridgehead atoms. The largest absolute Gasteiger partial charge is 0.335 e. The monoisotopic (exact) mass is 741 g/mol. The third-order valence-electron chi connectivity index (χ3n) is 7.78. The van der Waals surface area contributed by atoms with Crippen molar-refractivity contribution in [1.29, 1.82) is 0 Å². The molecular formula is C39H24IrN4-2. The molecule has 211 valence electrons. The fourth-order valence-electron chi connectivity index (χ4n) is 5.83. The number of pyridine rings is 3. The molecule has 0 fully saturated rings. The number of para-hydroxylation sites is 1. The Morgan fingerprint density at radius 2 is 1.18 bits per heavy atom. The molecule has 0 aliphatic rings. The maximum atomic E-state index is 4.80. The molecule has 0 N–H and O–H groups in total. The second-order valence-corrected chi connectivity index (χ2v) is 10.4. The maximum Gasteiger partial charge on any atom is 0.0604 e. The third kappa shape index (κ3) is 4.83. The Hall–Kier alpha value is -5.22.